The first-order chi connectivity index (χ1) is 9.22. The molecule has 0 radical (unpaired) electrons. The second kappa shape index (κ2) is 4.69. The van der Waals surface area contributed by atoms with Crippen LogP contribution in [0.4, 0.5) is 5.69 Å². The van der Waals surface area contributed by atoms with Crippen LogP contribution in [0.25, 0.3) is 10.9 Å². The number of H-pyrrole nitrogens is 1. The highest BCUT2D eigenvalue weighted by molar-refractivity contribution is 5.83. The van der Waals surface area contributed by atoms with E-state index in [0.29, 0.717) is 6.61 Å². The molecule has 1 heterocycles. The van der Waals surface area contributed by atoms with Gasteiger partial charge in [0, 0.05) is 16.6 Å². The van der Waals surface area contributed by atoms with Crippen molar-refractivity contribution >= 4 is 16.6 Å². The number of rotatable bonds is 3. The van der Waals surface area contributed by atoms with Crippen molar-refractivity contribution in [1.82, 2.24) is 4.98 Å². The van der Waals surface area contributed by atoms with Crippen molar-refractivity contribution in [1.29, 1.82) is 0 Å². The van der Waals surface area contributed by atoms with E-state index in [0.717, 1.165) is 33.6 Å². The van der Waals surface area contributed by atoms with E-state index in [9.17, 15) is 0 Å². The molecule has 0 amide bonds. The molecule has 1 aromatic heterocycles. The van der Waals surface area contributed by atoms with Gasteiger partial charge >= 0.3 is 0 Å². The molecule has 3 heteroatoms. The van der Waals surface area contributed by atoms with E-state index >= 15 is 0 Å². The Labute approximate surface area is 112 Å². The van der Waals surface area contributed by atoms with E-state index in [4.69, 9.17) is 10.5 Å². The number of hydrogen-bond acceptors (Lipinski definition) is 2. The molecule has 0 spiro atoms. The van der Waals surface area contributed by atoms with Gasteiger partial charge in [-0.25, -0.2) is 0 Å². The van der Waals surface area contributed by atoms with Gasteiger partial charge in [-0.3, -0.25) is 0 Å². The van der Waals surface area contributed by atoms with E-state index in [1.54, 1.807) is 0 Å². The highest BCUT2D eigenvalue weighted by Crippen LogP contribution is 2.21. The van der Waals surface area contributed by atoms with Gasteiger partial charge in [0.2, 0.25) is 0 Å². The van der Waals surface area contributed by atoms with Crippen LogP contribution < -0.4 is 10.5 Å². The van der Waals surface area contributed by atoms with Gasteiger partial charge < -0.3 is 15.5 Å². The van der Waals surface area contributed by atoms with Crippen LogP contribution >= 0.6 is 0 Å². The van der Waals surface area contributed by atoms with Gasteiger partial charge in [-0.15, -0.1) is 0 Å². The predicted molar refractivity (Wildman–Crippen MR) is 78.2 cm³/mol. The number of anilines is 1. The van der Waals surface area contributed by atoms with E-state index < -0.39 is 0 Å². The van der Waals surface area contributed by atoms with Gasteiger partial charge in [-0.1, -0.05) is 18.2 Å². The molecule has 0 fully saturated rings. The standard InChI is InChI=1S/C16H16N2O/c1-11-4-2-3-5-16(11)19-10-14-9-12-8-13(17)6-7-15(12)18-14/h2-9,18H,10,17H2,1H3. The molecular weight excluding hydrogens is 236 g/mol. The summed E-state index contributed by atoms with van der Waals surface area (Å²) in [6, 6.07) is 15.9. The topological polar surface area (TPSA) is 51.0 Å². The minimum Gasteiger partial charge on any atom is -0.487 e. The number of aryl methyl sites for hydroxylation is 1. The van der Waals surface area contributed by atoms with E-state index in [1.165, 1.54) is 0 Å². The average molecular weight is 252 g/mol. The Morgan fingerprint density at radius 3 is 2.79 bits per heavy atom. The fourth-order valence-electron chi connectivity index (χ4n) is 2.16. The van der Waals surface area contributed by atoms with Crippen molar-refractivity contribution in [3.8, 4) is 5.75 Å². The summed E-state index contributed by atoms with van der Waals surface area (Å²) in [6.45, 7) is 2.57. The van der Waals surface area contributed by atoms with Crippen molar-refractivity contribution in [3.05, 3.63) is 59.8 Å². The normalized spacial score (nSPS) is 10.8. The zero-order chi connectivity index (χ0) is 13.2. The molecule has 3 aromatic rings. The Balaban J connectivity index is 1.80. The summed E-state index contributed by atoms with van der Waals surface area (Å²) >= 11 is 0. The molecule has 0 aliphatic rings. The highest BCUT2D eigenvalue weighted by atomic mass is 16.5. The number of aromatic nitrogens is 1. The van der Waals surface area contributed by atoms with Gasteiger partial charge in [0.05, 0.1) is 5.69 Å². The van der Waals surface area contributed by atoms with Crippen LogP contribution in [-0.2, 0) is 6.61 Å². The van der Waals surface area contributed by atoms with Crippen LogP contribution in [0, 0.1) is 6.92 Å². The second-order valence-electron chi connectivity index (χ2n) is 4.70. The number of para-hydroxylation sites is 1. The minimum absolute atomic E-state index is 0.527. The Bertz CT molecular complexity index is 716. The molecule has 0 aliphatic carbocycles. The highest BCUT2D eigenvalue weighted by Gasteiger charge is 2.03. The Morgan fingerprint density at radius 2 is 1.95 bits per heavy atom. The summed E-state index contributed by atoms with van der Waals surface area (Å²) < 4.78 is 5.82. The van der Waals surface area contributed by atoms with Crippen LogP contribution in [0.2, 0.25) is 0 Å². The van der Waals surface area contributed by atoms with Gasteiger partial charge in [-0.05, 0) is 42.8 Å². The van der Waals surface area contributed by atoms with Crippen LogP contribution in [0.5, 0.6) is 5.75 Å². The molecule has 2 aromatic carbocycles. The van der Waals surface area contributed by atoms with Gasteiger partial charge in [0.1, 0.15) is 12.4 Å². The lowest BCUT2D eigenvalue weighted by Crippen LogP contribution is -1.96. The lowest BCUT2D eigenvalue weighted by atomic mass is 10.2. The van der Waals surface area contributed by atoms with Crippen molar-refractivity contribution in [3.63, 3.8) is 0 Å². The SMILES string of the molecule is Cc1ccccc1OCc1cc2cc(N)ccc2[nH]1. The van der Waals surface area contributed by atoms with Crippen molar-refractivity contribution in [2.24, 2.45) is 0 Å². The minimum atomic E-state index is 0.527. The number of fused-ring (bicyclic) bond motifs is 1. The van der Waals surface area contributed by atoms with Gasteiger partial charge in [-0.2, -0.15) is 0 Å². The molecule has 0 unspecified atom stereocenters. The quantitative estimate of drug-likeness (QED) is 0.699. The first kappa shape index (κ1) is 11.7. The first-order valence-electron chi connectivity index (χ1n) is 6.28. The van der Waals surface area contributed by atoms with E-state index in [2.05, 4.69) is 11.1 Å². The van der Waals surface area contributed by atoms with Crippen LogP contribution in [0.3, 0.4) is 0 Å². The molecule has 0 bridgehead atoms. The number of ether oxygens (including phenoxy) is 1. The van der Waals surface area contributed by atoms with Crippen molar-refractivity contribution in [2.45, 2.75) is 13.5 Å². The average Bonchev–Trinajstić information content (AvgIpc) is 2.79. The van der Waals surface area contributed by atoms with E-state index in [1.807, 2.05) is 49.4 Å². The molecule has 3 N–H and O–H groups in total. The smallest absolute Gasteiger partial charge is 0.128 e. The fourth-order valence-corrected chi connectivity index (χ4v) is 2.16. The summed E-state index contributed by atoms with van der Waals surface area (Å²) in [7, 11) is 0. The Morgan fingerprint density at radius 1 is 1.11 bits per heavy atom. The zero-order valence-corrected chi connectivity index (χ0v) is 10.8. The third-order valence-corrected chi connectivity index (χ3v) is 3.18. The lowest BCUT2D eigenvalue weighted by Gasteiger charge is -2.07. The van der Waals surface area contributed by atoms with Crippen LogP contribution in [0.15, 0.2) is 48.5 Å². The summed E-state index contributed by atoms with van der Waals surface area (Å²) in [5.74, 6) is 0.917. The first-order valence-corrected chi connectivity index (χ1v) is 6.28. The maximum atomic E-state index is 5.82. The van der Waals surface area contributed by atoms with Gasteiger partial charge in [0.15, 0.2) is 0 Å². The number of nitrogens with one attached hydrogen (secondary N) is 1. The summed E-state index contributed by atoms with van der Waals surface area (Å²) in [4.78, 5) is 3.33. The maximum Gasteiger partial charge on any atom is 0.128 e. The molecule has 3 nitrogen and oxygen atoms in total. The van der Waals surface area contributed by atoms with E-state index in [-0.39, 0.29) is 0 Å². The fraction of sp³-hybridized carbons (Fsp3) is 0.125. The second-order valence-corrected chi connectivity index (χ2v) is 4.70. The summed E-state index contributed by atoms with van der Waals surface area (Å²) in [5.41, 5.74) is 9.82. The summed E-state index contributed by atoms with van der Waals surface area (Å²) in [5, 5.41) is 1.11. The predicted octanol–water partition coefficient (Wildman–Crippen LogP) is 3.64. The maximum absolute atomic E-state index is 5.82. The molecule has 19 heavy (non-hydrogen) atoms. The number of nitrogen functional groups attached to an aromatic ring is 1. The molecule has 0 saturated carbocycles. The molecule has 0 saturated heterocycles. The number of benzene rings is 2. The van der Waals surface area contributed by atoms with Crippen LogP contribution in [0.1, 0.15) is 11.3 Å². The van der Waals surface area contributed by atoms with Crippen molar-refractivity contribution < 1.29 is 4.74 Å². The van der Waals surface area contributed by atoms with Gasteiger partial charge in [0.25, 0.3) is 0 Å². The monoisotopic (exact) mass is 252 g/mol. The van der Waals surface area contributed by atoms with Crippen molar-refractivity contribution in [2.75, 3.05) is 5.73 Å². The number of nitrogens with two attached hydrogens (primary N) is 1. The summed E-state index contributed by atoms with van der Waals surface area (Å²) in [6.07, 6.45) is 0. The third kappa shape index (κ3) is 2.40. The third-order valence-electron chi connectivity index (χ3n) is 3.18. The molecule has 96 valence electrons. The number of hydrogen-bond donors (Lipinski definition) is 2. The zero-order valence-electron chi connectivity index (χ0n) is 10.8. The molecule has 0 atom stereocenters. The van der Waals surface area contributed by atoms with Crippen LogP contribution in [-0.4, -0.2) is 4.98 Å². The largest absolute Gasteiger partial charge is 0.487 e. The molecule has 0 aliphatic heterocycles. The number of aromatic amines is 1. The Kier molecular flexibility index (Phi) is 2.88. The molecular formula is C16H16N2O. The molecule has 3 rings (SSSR count). The lowest BCUT2D eigenvalue weighted by molar-refractivity contribution is 0.300. The Hall–Kier alpha value is -2.42.